The van der Waals surface area contributed by atoms with Gasteiger partial charge in [-0.15, -0.1) is 0 Å². The van der Waals surface area contributed by atoms with E-state index in [1.165, 1.54) is 18.2 Å². The highest BCUT2D eigenvalue weighted by Gasteiger charge is 2.17. The standard InChI is InChI=1S/C19H17ClN2O7/c20-15-7-12(8-16-18(15)28-6-2-5-27-16)11-29-17(23)10-21-19(24)13-3-1-4-14(9-13)22(25)26/h1,3-4,7-9H,2,5-6,10-11H2,(H,21,24). The molecule has 1 N–H and O–H groups in total. The maximum absolute atomic E-state index is 12.0. The lowest BCUT2D eigenvalue weighted by Crippen LogP contribution is -2.30. The number of benzene rings is 2. The highest BCUT2D eigenvalue weighted by Crippen LogP contribution is 2.38. The predicted octanol–water partition coefficient (Wildman–Crippen LogP) is 2.88. The van der Waals surface area contributed by atoms with Crippen molar-refractivity contribution in [2.45, 2.75) is 13.0 Å². The maximum atomic E-state index is 12.0. The molecule has 0 aromatic heterocycles. The smallest absolute Gasteiger partial charge is 0.325 e. The van der Waals surface area contributed by atoms with Gasteiger partial charge in [0.2, 0.25) is 0 Å². The molecule has 29 heavy (non-hydrogen) atoms. The Balaban J connectivity index is 1.53. The molecule has 9 nitrogen and oxygen atoms in total. The third kappa shape index (κ3) is 5.35. The number of hydrogen-bond donors (Lipinski definition) is 1. The van der Waals surface area contributed by atoms with Gasteiger partial charge >= 0.3 is 5.97 Å². The van der Waals surface area contributed by atoms with E-state index in [0.717, 1.165) is 12.5 Å². The molecule has 0 atom stereocenters. The highest BCUT2D eigenvalue weighted by molar-refractivity contribution is 6.32. The van der Waals surface area contributed by atoms with Crippen LogP contribution in [0.1, 0.15) is 22.3 Å². The summed E-state index contributed by atoms with van der Waals surface area (Å²) in [5.74, 6) is -0.347. The second-order valence-electron chi connectivity index (χ2n) is 6.11. The molecule has 1 aliphatic rings. The molecule has 1 amide bonds. The molecule has 0 saturated heterocycles. The lowest BCUT2D eigenvalue weighted by atomic mass is 10.2. The Hall–Kier alpha value is -3.33. The van der Waals surface area contributed by atoms with Crippen LogP contribution in [-0.4, -0.2) is 36.6 Å². The number of carbonyl (C=O) groups excluding carboxylic acids is 2. The van der Waals surface area contributed by atoms with Gasteiger partial charge in [0.1, 0.15) is 13.2 Å². The lowest BCUT2D eigenvalue weighted by molar-refractivity contribution is -0.384. The van der Waals surface area contributed by atoms with E-state index in [-0.39, 0.29) is 24.4 Å². The molecule has 0 aliphatic carbocycles. The van der Waals surface area contributed by atoms with E-state index in [4.69, 9.17) is 25.8 Å². The normalized spacial score (nSPS) is 12.6. The summed E-state index contributed by atoms with van der Waals surface area (Å²) in [5.41, 5.74) is 0.464. The van der Waals surface area contributed by atoms with E-state index in [2.05, 4.69) is 5.32 Å². The molecule has 0 unspecified atom stereocenters. The molecule has 0 bridgehead atoms. The van der Waals surface area contributed by atoms with Crippen LogP contribution in [0.25, 0.3) is 0 Å². The number of carbonyl (C=O) groups is 2. The number of nitro groups is 1. The number of halogens is 1. The average molecular weight is 421 g/mol. The molecule has 1 heterocycles. The van der Waals surface area contributed by atoms with Crippen LogP contribution in [0, 0.1) is 10.1 Å². The maximum Gasteiger partial charge on any atom is 0.325 e. The van der Waals surface area contributed by atoms with Gasteiger partial charge in [-0.2, -0.15) is 0 Å². The van der Waals surface area contributed by atoms with Crippen LogP contribution in [0.15, 0.2) is 36.4 Å². The van der Waals surface area contributed by atoms with Crippen molar-refractivity contribution in [2.75, 3.05) is 19.8 Å². The van der Waals surface area contributed by atoms with Crippen molar-refractivity contribution in [3.8, 4) is 11.5 Å². The van der Waals surface area contributed by atoms with Crippen molar-refractivity contribution < 1.29 is 28.7 Å². The third-order valence-corrected chi connectivity index (χ3v) is 4.25. The van der Waals surface area contributed by atoms with Gasteiger partial charge in [0.15, 0.2) is 11.5 Å². The number of non-ortho nitro benzene ring substituents is 1. The minimum atomic E-state index is -0.674. The zero-order valence-corrected chi connectivity index (χ0v) is 15.9. The number of amides is 1. The number of fused-ring (bicyclic) bond motifs is 1. The summed E-state index contributed by atoms with van der Waals surface area (Å²) in [4.78, 5) is 34.1. The summed E-state index contributed by atoms with van der Waals surface area (Å²) in [5, 5.41) is 13.5. The molecule has 0 fully saturated rings. The number of hydrogen-bond acceptors (Lipinski definition) is 7. The minimum Gasteiger partial charge on any atom is -0.489 e. The van der Waals surface area contributed by atoms with Crippen molar-refractivity contribution in [3.05, 3.63) is 62.7 Å². The Morgan fingerprint density at radius 3 is 2.79 bits per heavy atom. The quantitative estimate of drug-likeness (QED) is 0.433. The third-order valence-electron chi connectivity index (χ3n) is 3.97. The van der Waals surface area contributed by atoms with Crippen LogP contribution >= 0.6 is 11.6 Å². The fraction of sp³-hybridized carbons (Fsp3) is 0.263. The Labute approximate surface area is 170 Å². The molecular weight excluding hydrogens is 404 g/mol. The van der Waals surface area contributed by atoms with Crippen molar-refractivity contribution >= 4 is 29.2 Å². The lowest BCUT2D eigenvalue weighted by Gasteiger charge is -2.12. The van der Waals surface area contributed by atoms with Gasteiger partial charge in [0, 0.05) is 24.1 Å². The molecule has 1 aliphatic heterocycles. The molecule has 10 heteroatoms. The zero-order chi connectivity index (χ0) is 20.8. The SMILES string of the molecule is O=C(CNC(=O)c1cccc([N+](=O)[O-])c1)OCc1cc(Cl)c2c(c1)OCCCO2. The molecule has 3 rings (SSSR count). The number of nitrogens with one attached hydrogen (secondary N) is 1. The number of rotatable bonds is 6. The summed E-state index contributed by atoms with van der Waals surface area (Å²) in [6.07, 6.45) is 0.736. The van der Waals surface area contributed by atoms with Crippen LogP contribution in [0.5, 0.6) is 11.5 Å². The zero-order valence-electron chi connectivity index (χ0n) is 15.2. The molecule has 0 saturated carbocycles. The van der Waals surface area contributed by atoms with Crippen LogP contribution < -0.4 is 14.8 Å². The number of esters is 1. The topological polar surface area (TPSA) is 117 Å². The van der Waals surface area contributed by atoms with Gasteiger partial charge < -0.3 is 19.5 Å². The Kier molecular flexibility index (Phi) is 6.50. The second-order valence-corrected chi connectivity index (χ2v) is 6.51. The Morgan fingerprint density at radius 1 is 1.21 bits per heavy atom. The molecule has 152 valence electrons. The van der Waals surface area contributed by atoms with Gasteiger partial charge in [-0.3, -0.25) is 19.7 Å². The molecule has 2 aromatic carbocycles. The summed E-state index contributed by atoms with van der Waals surface area (Å²) in [6, 6.07) is 8.49. The van der Waals surface area contributed by atoms with Gasteiger partial charge in [-0.1, -0.05) is 17.7 Å². The van der Waals surface area contributed by atoms with Crippen LogP contribution in [0.4, 0.5) is 5.69 Å². The first kappa shape index (κ1) is 20.4. The fourth-order valence-corrected chi connectivity index (χ4v) is 2.89. The van der Waals surface area contributed by atoms with Crippen molar-refractivity contribution in [1.82, 2.24) is 5.32 Å². The van der Waals surface area contributed by atoms with Crippen molar-refractivity contribution in [1.29, 1.82) is 0 Å². The average Bonchev–Trinajstić information content (AvgIpc) is 2.96. The first-order chi connectivity index (χ1) is 13.9. The van der Waals surface area contributed by atoms with E-state index in [9.17, 15) is 19.7 Å². The van der Waals surface area contributed by atoms with Gasteiger partial charge in [-0.05, 0) is 23.8 Å². The van der Waals surface area contributed by atoms with Gasteiger partial charge in [-0.25, -0.2) is 0 Å². The first-order valence-electron chi connectivity index (χ1n) is 8.70. The van der Waals surface area contributed by atoms with Crippen LogP contribution in [0.2, 0.25) is 5.02 Å². The largest absolute Gasteiger partial charge is 0.489 e. The molecule has 2 aromatic rings. The summed E-state index contributed by atoms with van der Waals surface area (Å²) in [7, 11) is 0. The van der Waals surface area contributed by atoms with E-state index in [1.807, 2.05) is 0 Å². The molecule has 0 spiro atoms. The minimum absolute atomic E-state index is 0.0676. The Bertz CT molecular complexity index is 948. The fourth-order valence-electron chi connectivity index (χ4n) is 2.60. The summed E-state index contributed by atoms with van der Waals surface area (Å²) >= 11 is 6.19. The van der Waals surface area contributed by atoms with E-state index in [0.29, 0.717) is 35.3 Å². The predicted molar refractivity (Wildman–Crippen MR) is 102 cm³/mol. The van der Waals surface area contributed by atoms with Crippen molar-refractivity contribution in [3.63, 3.8) is 0 Å². The summed E-state index contributed by atoms with van der Waals surface area (Å²) in [6.45, 7) is 0.545. The van der Waals surface area contributed by atoms with Crippen molar-refractivity contribution in [2.24, 2.45) is 0 Å². The van der Waals surface area contributed by atoms with E-state index < -0.39 is 16.8 Å². The van der Waals surface area contributed by atoms with Crippen LogP contribution in [-0.2, 0) is 16.1 Å². The van der Waals surface area contributed by atoms with E-state index in [1.54, 1.807) is 12.1 Å². The Morgan fingerprint density at radius 2 is 2.00 bits per heavy atom. The molecule has 0 radical (unpaired) electrons. The second kappa shape index (κ2) is 9.24. The van der Waals surface area contributed by atoms with Gasteiger partial charge in [0.25, 0.3) is 11.6 Å². The monoisotopic (exact) mass is 420 g/mol. The van der Waals surface area contributed by atoms with E-state index >= 15 is 0 Å². The highest BCUT2D eigenvalue weighted by atomic mass is 35.5. The summed E-state index contributed by atoms with van der Waals surface area (Å²) < 4.78 is 16.2. The van der Waals surface area contributed by atoms with Crippen LogP contribution in [0.3, 0.4) is 0 Å². The van der Waals surface area contributed by atoms with Gasteiger partial charge in [0.05, 0.1) is 23.2 Å². The number of nitrogens with zero attached hydrogens (tertiary/aromatic N) is 1. The molecular formula is C19H17ClN2O7. The number of ether oxygens (including phenoxy) is 3. The first-order valence-corrected chi connectivity index (χ1v) is 9.08. The number of nitro benzene ring substituents is 1.